The molecule has 0 fully saturated rings. The third-order valence-corrected chi connectivity index (χ3v) is 5.25. The maximum Gasteiger partial charge on any atom is 0.123 e. The van der Waals surface area contributed by atoms with Crippen LogP contribution in [-0.2, 0) is 18.3 Å². The molecule has 0 unspecified atom stereocenters. The Morgan fingerprint density at radius 2 is 1.73 bits per heavy atom. The van der Waals surface area contributed by atoms with Gasteiger partial charge >= 0.3 is 0 Å². The molecular weight excluding hydrogens is 369 g/mol. The molecule has 0 atom stereocenters. The molecule has 0 N–H and O–H groups in total. The van der Waals surface area contributed by atoms with E-state index in [2.05, 4.69) is 51.7 Å². The summed E-state index contributed by atoms with van der Waals surface area (Å²) in [6.45, 7) is 14.8. The van der Waals surface area contributed by atoms with Crippen LogP contribution in [-0.4, -0.2) is 4.98 Å². The number of aromatic nitrogens is 1. The van der Waals surface area contributed by atoms with E-state index in [1.807, 2.05) is 32.1 Å². The first kappa shape index (κ1) is 23.8. The van der Waals surface area contributed by atoms with Gasteiger partial charge in [0.05, 0.1) is 5.69 Å². The van der Waals surface area contributed by atoms with Gasteiger partial charge in [-0.1, -0.05) is 51.2 Å². The maximum atomic E-state index is 13.6. The van der Waals surface area contributed by atoms with Gasteiger partial charge in [0.2, 0.25) is 0 Å². The Balaban J connectivity index is 2.79. The Hall–Kier alpha value is -2.48. The fourth-order valence-corrected chi connectivity index (χ4v) is 3.96. The van der Waals surface area contributed by atoms with Crippen LogP contribution in [0.5, 0.6) is 0 Å². The normalized spacial score (nSPS) is 12.2. The van der Waals surface area contributed by atoms with Gasteiger partial charge in [-0.3, -0.25) is 4.98 Å². The van der Waals surface area contributed by atoms with Crippen LogP contribution < -0.4 is 0 Å². The van der Waals surface area contributed by atoms with E-state index in [9.17, 15) is 4.39 Å². The van der Waals surface area contributed by atoms with Gasteiger partial charge in [0, 0.05) is 23.2 Å². The molecule has 0 aliphatic heterocycles. The molecule has 1 nitrogen and oxygen atoms in total. The molecule has 0 amide bonds. The largest absolute Gasteiger partial charge is 0.252 e. The van der Waals surface area contributed by atoms with Gasteiger partial charge in [-0.2, -0.15) is 0 Å². The summed E-state index contributed by atoms with van der Waals surface area (Å²) >= 11 is 0. The van der Waals surface area contributed by atoms with E-state index in [0.29, 0.717) is 0 Å². The van der Waals surface area contributed by atoms with Crippen molar-refractivity contribution in [2.75, 3.05) is 0 Å². The SMILES string of the molecule is C=CCCCCc1c(C/C=C\C)nc(-c2ccc(F)cc2)c(/C=C/C)c1C(C)(C)C. The van der Waals surface area contributed by atoms with Crippen molar-refractivity contribution in [1.29, 1.82) is 0 Å². The van der Waals surface area contributed by atoms with Crippen LogP contribution in [0.4, 0.5) is 4.39 Å². The van der Waals surface area contributed by atoms with E-state index in [-0.39, 0.29) is 11.2 Å². The molecule has 1 heterocycles. The Morgan fingerprint density at radius 3 is 2.30 bits per heavy atom. The lowest BCUT2D eigenvalue weighted by atomic mass is 9.77. The third kappa shape index (κ3) is 6.01. The summed E-state index contributed by atoms with van der Waals surface area (Å²) in [6.07, 6.45) is 15.6. The minimum Gasteiger partial charge on any atom is -0.252 e. The number of hydrogen-bond acceptors (Lipinski definition) is 1. The summed E-state index contributed by atoms with van der Waals surface area (Å²) < 4.78 is 13.6. The third-order valence-electron chi connectivity index (χ3n) is 5.25. The topological polar surface area (TPSA) is 12.9 Å². The molecule has 2 aromatic rings. The first-order valence-corrected chi connectivity index (χ1v) is 11.0. The number of benzene rings is 1. The van der Waals surface area contributed by atoms with Crippen LogP contribution in [0, 0.1) is 5.82 Å². The number of halogens is 1. The predicted molar refractivity (Wildman–Crippen MR) is 129 cm³/mol. The fraction of sp³-hybridized carbons (Fsp3) is 0.393. The van der Waals surface area contributed by atoms with Crippen LogP contribution in [0.25, 0.3) is 17.3 Å². The quantitative estimate of drug-likeness (QED) is 0.302. The zero-order valence-corrected chi connectivity index (χ0v) is 19.3. The number of rotatable bonds is 9. The Morgan fingerprint density at radius 1 is 1.03 bits per heavy atom. The highest BCUT2D eigenvalue weighted by Gasteiger charge is 2.26. The molecule has 0 bridgehead atoms. The molecule has 0 saturated carbocycles. The van der Waals surface area contributed by atoms with Gasteiger partial charge in [0.1, 0.15) is 5.82 Å². The lowest BCUT2D eigenvalue weighted by molar-refractivity contribution is 0.574. The second-order valence-corrected chi connectivity index (χ2v) is 8.74. The lowest BCUT2D eigenvalue weighted by Gasteiger charge is -2.29. The maximum absolute atomic E-state index is 13.6. The zero-order valence-electron chi connectivity index (χ0n) is 19.3. The van der Waals surface area contributed by atoms with E-state index in [1.54, 1.807) is 0 Å². The molecule has 160 valence electrons. The van der Waals surface area contributed by atoms with Crippen molar-refractivity contribution in [3.63, 3.8) is 0 Å². The second kappa shape index (κ2) is 11.1. The number of nitrogens with zero attached hydrogens (tertiary/aromatic N) is 1. The lowest BCUT2D eigenvalue weighted by Crippen LogP contribution is -2.20. The van der Waals surface area contributed by atoms with Crippen molar-refractivity contribution >= 4 is 6.08 Å². The molecule has 0 aliphatic rings. The Kier molecular flexibility index (Phi) is 8.77. The van der Waals surface area contributed by atoms with Crippen LogP contribution in [0.2, 0.25) is 0 Å². The summed E-state index contributed by atoms with van der Waals surface area (Å²) in [5.74, 6) is -0.227. The van der Waals surface area contributed by atoms with Crippen LogP contribution in [0.3, 0.4) is 0 Å². The van der Waals surface area contributed by atoms with E-state index < -0.39 is 0 Å². The minimum absolute atomic E-state index is 0.0367. The van der Waals surface area contributed by atoms with E-state index >= 15 is 0 Å². The van der Waals surface area contributed by atoms with Gasteiger partial charge < -0.3 is 0 Å². The fourth-order valence-electron chi connectivity index (χ4n) is 3.96. The van der Waals surface area contributed by atoms with Gasteiger partial charge in [-0.25, -0.2) is 4.39 Å². The van der Waals surface area contributed by atoms with Crippen molar-refractivity contribution in [2.24, 2.45) is 0 Å². The molecular formula is C28H36FN. The number of allylic oxidation sites excluding steroid dienone is 4. The molecule has 1 aromatic carbocycles. The minimum atomic E-state index is -0.227. The summed E-state index contributed by atoms with van der Waals surface area (Å²) in [5, 5.41) is 0. The van der Waals surface area contributed by atoms with Crippen molar-refractivity contribution in [2.45, 2.75) is 72.1 Å². The van der Waals surface area contributed by atoms with Crippen molar-refractivity contribution in [3.05, 3.63) is 83.3 Å². The van der Waals surface area contributed by atoms with E-state index in [0.717, 1.165) is 54.6 Å². The Bertz CT molecular complexity index is 896. The molecule has 30 heavy (non-hydrogen) atoms. The summed E-state index contributed by atoms with van der Waals surface area (Å²) in [7, 11) is 0. The highest BCUT2D eigenvalue weighted by atomic mass is 19.1. The standard InChI is InChI=1S/C28H36FN/c1-7-10-12-13-15-23-25(16-11-8-2)30-27(21-17-19-22(29)20-18-21)24(14-9-3)26(23)28(4,5)6/h7-9,11,14,17-20H,1,10,12-13,15-16H2,2-6H3/b11-8-,14-9+. The second-order valence-electron chi connectivity index (χ2n) is 8.74. The van der Waals surface area contributed by atoms with E-state index in [4.69, 9.17) is 4.98 Å². The van der Waals surface area contributed by atoms with Crippen molar-refractivity contribution in [1.82, 2.24) is 4.98 Å². The van der Waals surface area contributed by atoms with Crippen LogP contribution in [0.1, 0.15) is 76.3 Å². The summed E-state index contributed by atoms with van der Waals surface area (Å²) in [5.41, 5.74) is 6.85. The molecule has 1 aromatic heterocycles. The zero-order chi connectivity index (χ0) is 22.1. The Labute approximate surface area is 182 Å². The van der Waals surface area contributed by atoms with Crippen molar-refractivity contribution in [3.8, 4) is 11.3 Å². The smallest absolute Gasteiger partial charge is 0.123 e. The van der Waals surface area contributed by atoms with Crippen LogP contribution in [0.15, 0.2) is 55.1 Å². The monoisotopic (exact) mass is 405 g/mol. The predicted octanol–water partition coefficient (Wildman–Crippen LogP) is 8.24. The molecule has 0 saturated heterocycles. The average molecular weight is 406 g/mol. The highest BCUT2D eigenvalue weighted by molar-refractivity contribution is 5.76. The highest BCUT2D eigenvalue weighted by Crippen LogP contribution is 2.38. The summed E-state index contributed by atoms with van der Waals surface area (Å²) in [6, 6.07) is 6.70. The van der Waals surface area contributed by atoms with E-state index in [1.165, 1.54) is 23.3 Å². The summed E-state index contributed by atoms with van der Waals surface area (Å²) in [4.78, 5) is 5.16. The van der Waals surface area contributed by atoms with Crippen LogP contribution >= 0.6 is 0 Å². The van der Waals surface area contributed by atoms with Gasteiger partial charge in [0.15, 0.2) is 0 Å². The molecule has 0 radical (unpaired) electrons. The molecule has 0 spiro atoms. The number of unbranched alkanes of at least 4 members (excludes halogenated alkanes) is 2. The average Bonchev–Trinajstić information content (AvgIpc) is 2.70. The number of pyridine rings is 1. The van der Waals surface area contributed by atoms with Gasteiger partial charge in [-0.15, -0.1) is 6.58 Å². The van der Waals surface area contributed by atoms with Gasteiger partial charge in [-0.05, 0) is 80.3 Å². The molecule has 0 aliphatic carbocycles. The van der Waals surface area contributed by atoms with Gasteiger partial charge in [0.25, 0.3) is 0 Å². The first-order valence-electron chi connectivity index (χ1n) is 11.0. The first-order chi connectivity index (χ1) is 14.3. The molecule has 2 rings (SSSR count). The van der Waals surface area contributed by atoms with Crippen molar-refractivity contribution < 1.29 is 4.39 Å². The molecule has 2 heteroatoms. The number of hydrogen-bond donors (Lipinski definition) is 0.